The Labute approximate surface area is 134 Å². The molecule has 0 saturated heterocycles. The minimum absolute atomic E-state index is 1.10. The van der Waals surface area contributed by atoms with E-state index in [4.69, 9.17) is 0 Å². The summed E-state index contributed by atoms with van der Waals surface area (Å²) in [5, 5.41) is 4.41. The molecule has 0 aliphatic carbocycles. The Morgan fingerprint density at radius 3 is 2.05 bits per heavy atom. The van der Waals surface area contributed by atoms with E-state index < -0.39 is 16.5 Å². The number of hydrogen-bond donors (Lipinski definition) is 0. The highest BCUT2D eigenvalue weighted by Gasteiger charge is 2.50. The number of benzene rings is 1. The van der Waals surface area contributed by atoms with Gasteiger partial charge in [-0.1, -0.05) is 45.8 Å². The molecule has 0 bridgehead atoms. The van der Waals surface area contributed by atoms with E-state index in [1.54, 1.807) is 10.4 Å². The van der Waals surface area contributed by atoms with Crippen molar-refractivity contribution in [3.8, 4) is 0 Å². The topological polar surface area (TPSA) is 3.24 Å². The Bertz CT molecular complexity index is 488. The van der Waals surface area contributed by atoms with Crippen molar-refractivity contribution in [3.05, 3.63) is 36.0 Å². The number of rotatable bonds is 4. The van der Waals surface area contributed by atoms with Crippen molar-refractivity contribution < 1.29 is 0 Å². The molecule has 1 aliphatic rings. The second kappa shape index (κ2) is 5.81. The van der Waals surface area contributed by atoms with E-state index in [2.05, 4.69) is 83.7 Å². The zero-order chi connectivity index (χ0) is 15.0. The molecule has 0 aromatic heterocycles. The lowest BCUT2D eigenvalue weighted by Gasteiger charge is -2.39. The Hall–Kier alpha value is -0.326. The molecule has 1 heterocycles. The molecule has 0 radical (unpaired) electrons. The summed E-state index contributed by atoms with van der Waals surface area (Å²) in [6.07, 6.45) is 4.93. The molecule has 2 rings (SSSR count). The van der Waals surface area contributed by atoms with E-state index >= 15 is 0 Å². The summed E-state index contributed by atoms with van der Waals surface area (Å²) >= 11 is 3.54. The Morgan fingerprint density at radius 2 is 1.60 bits per heavy atom. The number of hydrogen-bond acceptors (Lipinski definition) is 1. The molecule has 1 nitrogen and oxygen atoms in total. The lowest BCUT2D eigenvalue weighted by atomic mass is 10.2. The maximum Gasteiger partial charge on any atom is 0.173 e. The van der Waals surface area contributed by atoms with E-state index in [0.717, 1.165) is 5.33 Å². The number of nitrogens with zero attached hydrogens (tertiary/aromatic N) is 1. The molecule has 1 aromatic rings. The number of allylic oxidation sites excluding steroid dienone is 1. The van der Waals surface area contributed by atoms with Gasteiger partial charge in [0.05, 0.1) is 0 Å². The smallest absolute Gasteiger partial charge is 0.173 e. The van der Waals surface area contributed by atoms with Gasteiger partial charge in [0.15, 0.2) is 16.5 Å². The van der Waals surface area contributed by atoms with Crippen LogP contribution in [0.2, 0.25) is 26.2 Å². The molecule has 0 unspecified atom stereocenters. The van der Waals surface area contributed by atoms with Crippen LogP contribution < -0.4 is 10.4 Å². The molecule has 20 heavy (non-hydrogen) atoms. The quantitative estimate of drug-likeness (QED) is 0.575. The molecular formula is C16H26BrNSi2. The number of alkyl halides is 1. The fraction of sp³-hybridized carbons (Fsp3) is 0.500. The molecule has 110 valence electrons. The largest absolute Gasteiger partial charge is 0.424 e. The molecule has 1 aliphatic heterocycles. The maximum atomic E-state index is 3.54. The van der Waals surface area contributed by atoms with Gasteiger partial charge in [-0.05, 0) is 62.5 Å². The van der Waals surface area contributed by atoms with E-state index in [9.17, 15) is 0 Å². The van der Waals surface area contributed by atoms with Crippen LogP contribution in [0, 0.1) is 0 Å². The summed E-state index contributed by atoms with van der Waals surface area (Å²) in [6, 6.07) is 9.17. The first-order chi connectivity index (χ1) is 9.31. The first-order valence-electron chi connectivity index (χ1n) is 7.44. The summed E-state index contributed by atoms with van der Waals surface area (Å²) in [4.78, 5) is 0. The summed E-state index contributed by atoms with van der Waals surface area (Å²) in [6.45, 7) is 12.3. The Balaban J connectivity index is 2.40. The molecule has 0 amide bonds. The van der Waals surface area contributed by atoms with Crippen LogP contribution in [0.25, 0.3) is 0 Å². The van der Waals surface area contributed by atoms with Crippen LogP contribution in [0.15, 0.2) is 36.0 Å². The van der Waals surface area contributed by atoms with Crippen LogP contribution in [0.3, 0.4) is 0 Å². The van der Waals surface area contributed by atoms with Gasteiger partial charge >= 0.3 is 0 Å². The minimum atomic E-state index is -1.52. The Kier molecular flexibility index (Phi) is 4.67. The summed E-state index contributed by atoms with van der Waals surface area (Å²) in [5.74, 6) is 0. The summed E-state index contributed by atoms with van der Waals surface area (Å²) in [7, 11) is -3.04. The first kappa shape index (κ1) is 16.1. The third kappa shape index (κ3) is 2.70. The van der Waals surface area contributed by atoms with E-state index in [0.29, 0.717) is 0 Å². The third-order valence-electron chi connectivity index (χ3n) is 4.50. The predicted molar refractivity (Wildman–Crippen MR) is 99.3 cm³/mol. The monoisotopic (exact) mass is 367 g/mol. The molecule has 0 fully saturated rings. The lowest BCUT2D eigenvalue weighted by molar-refractivity contribution is 0.815. The fourth-order valence-corrected chi connectivity index (χ4v) is 16.0. The molecule has 0 N–H and O–H groups in total. The third-order valence-corrected chi connectivity index (χ3v) is 14.8. The predicted octanol–water partition coefficient (Wildman–Crippen LogP) is 3.91. The average Bonchev–Trinajstić information content (AvgIpc) is 2.55. The van der Waals surface area contributed by atoms with Crippen molar-refractivity contribution in [1.29, 1.82) is 0 Å². The van der Waals surface area contributed by atoms with E-state index in [1.165, 1.54) is 18.4 Å². The van der Waals surface area contributed by atoms with Crippen LogP contribution in [-0.2, 0) is 0 Å². The van der Waals surface area contributed by atoms with Crippen LogP contribution in [0.5, 0.6) is 0 Å². The second-order valence-electron chi connectivity index (χ2n) is 6.80. The summed E-state index contributed by atoms with van der Waals surface area (Å²) < 4.78 is 2.81. The van der Waals surface area contributed by atoms with Gasteiger partial charge in [0.25, 0.3) is 0 Å². The van der Waals surface area contributed by atoms with Crippen LogP contribution >= 0.6 is 15.9 Å². The highest BCUT2D eigenvalue weighted by atomic mass is 79.9. The van der Waals surface area contributed by atoms with Crippen molar-refractivity contribution in [2.24, 2.45) is 0 Å². The van der Waals surface area contributed by atoms with Crippen molar-refractivity contribution >= 4 is 42.8 Å². The maximum absolute atomic E-state index is 3.54. The van der Waals surface area contributed by atoms with Crippen molar-refractivity contribution in [3.63, 3.8) is 0 Å². The highest BCUT2D eigenvalue weighted by Crippen LogP contribution is 2.27. The standard InChI is InChI=1S/C16H26BrNSi2/c1-14(9-8-12-17)13-18-19(2,3)15-10-6-7-11-16(15)20(18,4)5/h6-7,10-11,13H,8-9,12H2,1-5H3/b14-13-. The molecule has 0 spiro atoms. The fourth-order valence-electron chi connectivity index (χ4n) is 3.46. The Morgan fingerprint density at radius 1 is 1.10 bits per heavy atom. The zero-order valence-electron chi connectivity index (χ0n) is 13.3. The van der Waals surface area contributed by atoms with Crippen molar-refractivity contribution in [2.45, 2.75) is 46.0 Å². The van der Waals surface area contributed by atoms with Gasteiger partial charge in [-0.2, -0.15) is 0 Å². The van der Waals surface area contributed by atoms with Gasteiger partial charge in [-0.3, -0.25) is 0 Å². The lowest BCUT2D eigenvalue weighted by Crippen LogP contribution is -2.57. The van der Waals surface area contributed by atoms with Gasteiger partial charge in [0.2, 0.25) is 0 Å². The van der Waals surface area contributed by atoms with Gasteiger partial charge in [-0.25, -0.2) is 0 Å². The summed E-state index contributed by atoms with van der Waals surface area (Å²) in [5.41, 5.74) is 1.53. The van der Waals surface area contributed by atoms with Gasteiger partial charge in [0, 0.05) is 5.33 Å². The minimum Gasteiger partial charge on any atom is -0.424 e. The molecule has 4 heteroatoms. The number of fused-ring (bicyclic) bond motifs is 1. The SMILES string of the molecule is C/C(=C/N1[Si](C)(C)c2ccccc2[Si]1(C)C)CCCBr. The normalized spacial score (nSPS) is 20.1. The van der Waals surface area contributed by atoms with Crippen LogP contribution in [0.4, 0.5) is 0 Å². The van der Waals surface area contributed by atoms with Gasteiger partial charge in [-0.15, -0.1) is 0 Å². The van der Waals surface area contributed by atoms with E-state index in [-0.39, 0.29) is 0 Å². The molecule has 0 atom stereocenters. The van der Waals surface area contributed by atoms with E-state index in [1.807, 2.05) is 0 Å². The van der Waals surface area contributed by atoms with Crippen LogP contribution in [0.1, 0.15) is 19.8 Å². The molecule has 0 saturated carbocycles. The molecular weight excluding hydrogens is 342 g/mol. The first-order valence-corrected chi connectivity index (χ1v) is 14.5. The van der Waals surface area contributed by atoms with Gasteiger partial charge < -0.3 is 4.23 Å². The zero-order valence-corrected chi connectivity index (χ0v) is 16.9. The highest BCUT2D eigenvalue weighted by molar-refractivity contribution is 9.09. The number of halogens is 1. The van der Waals surface area contributed by atoms with Crippen molar-refractivity contribution in [1.82, 2.24) is 4.23 Å². The average molecular weight is 368 g/mol. The van der Waals surface area contributed by atoms with Gasteiger partial charge in [0.1, 0.15) is 0 Å². The van der Waals surface area contributed by atoms with Crippen LogP contribution in [-0.4, -0.2) is 26.0 Å². The second-order valence-corrected chi connectivity index (χ2v) is 16.3. The molecule has 1 aromatic carbocycles. The van der Waals surface area contributed by atoms with Crippen molar-refractivity contribution in [2.75, 3.05) is 5.33 Å².